The minimum atomic E-state index is -0.175. The van der Waals surface area contributed by atoms with Crippen LogP contribution in [-0.4, -0.2) is 32.9 Å². The molecule has 116 valence electrons. The molecule has 1 aliphatic rings. The third kappa shape index (κ3) is 5.19. The molecule has 0 saturated carbocycles. The molecule has 1 amide bonds. The predicted octanol–water partition coefficient (Wildman–Crippen LogP) is 2.85. The van der Waals surface area contributed by atoms with Crippen LogP contribution < -0.4 is 5.32 Å². The van der Waals surface area contributed by atoms with Crippen molar-refractivity contribution in [1.29, 1.82) is 0 Å². The van der Waals surface area contributed by atoms with Crippen molar-refractivity contribution in [3.8, 4) is 0 Å². The lowest BCUT2D eigenvalue weighted by atomic mass is 9.97. The quantitative estimate of drug-likeness (QED) is 0.600. The molecule has 0 spiro atoms. The molecular weight excluding hydrogens is 284 g/mol. The van der Waals surface area contributed by atoms with E-state index in [9.17, 15) is 4.79 Å². The lowest BCUT2D eigenvalue weighted by molar-refractivity contribution is -0.120. The maximum absolute atomic E-state index is 12.0. The zero-order valence-electron chi connectivity index (χ0n) is 12.8. The molecule has 21 heavy (non-hydrogen) atoms. The van der Waals surface area contributed by atoms with E-state index < -0.39 is 0 Å². The lowest BCUT2D eigenvalue weighted by Gasteiger charge is -2.14. The molecule has 2 rings (SSSR count). The molecule has 0 radical (unpaired) electrons. The summed E-state index contributed by atoms with van der Waals surface area (Å²) in [5.41, 5.74) is 1.49. The van der Waals surface area contributed by atoms with Crippen LogP contribution in [0.15, 0.2) is 16.8 Å². The van der Waals surface area contributed by atoms with Gasteiger partial charge in [-0.15, -0.1) is 5.10 Å². The Balaban J connectivity index is 1.70. The van der Waals surface area contributed by atoms with Gasteiger partial charge < -0.3 is 5.32 Å². The summed E-state index contributed by atoms with van der Waals surface area (Å²) in [5, 5.41) is 10.4. The Hall–Kier alpha value is -1.30. The third-order valence-corrected chi connectivity index (χ3v) is 4.59. The second-order valence-corrected chi connectivity index (χ2v) is 6.64. The molecule has 1 aliphatic carbocycles. The van der Waals surface area contributed by atoms with Gasteiger partial charge in [-0.1, -0.05) is 30.3 Å². The molecule has 5 nitrogen and oxygen atoms in total. The number of carbonyl (C=O) groups excluding carboxylic acids is 1. The van der Waals surface area contributed by atoms with Gasteiger partial charge in [0, 0.05) is 13.0 Å². The van der Waals surface area contributed by atoms with Crippen LogP contribution >= 0.6 is 11.8 Å². The van der Waals surface area contributed by atoms with Crippen molar-refractivity contribution >= 4 is 17.7 Å². The topological polar surface area (TPSA) is 70.7 Å². The van der Waals surface area contributed by atoms with Gasteiger partial charge in [0.15, 0.2) is 0 Å². The van der Waals surface area contributed by atoms with Crippen LogP contribution in [0.5, 0.6) is 0 Å². The van der Waals surface area contributed by atoms with Crippen LogP contribution in [0.3, 0.4) is 0 Å². The van der Waals surface area contributed by atoms with Gasteiger partial charge in [-0.3, -0.25) is 9.89 Å². The normalized spacial score (nSPS) is 16.4. The highest BCUT2D eigenvalue weighted by Gasteiger charge is 2.16. The Kier molecular flexibility index (Phi) is 6.29. The number of hydrogen-bond donors (Lipinski definition) is 2. The van der Waals surface area contributed by atoms with Gasteiger partial charge in [-0.05, 0) is 39.0 Å². The molecule has 2 N–H and O–H groups in total. The molecule has 1 atom stereocenters. The van der Waals surface area contributed by atoms with Crippen molar-refractivity contribution in [2.75, 3.05) is 6.54 Å². The summed E-state index contributed by atoms with van der Waals surface area (Å²) < 4.78 is 0. The highest BCUT2D eigenvalue weighted by Crippen LogP contribution is 2.21. The summed E-state index contributed by atoms with van der Waals surface area (Å²) in [6.45, 7) is 4.64. The standard InChI is InChI=1S/C15H24N4OS/c1-3-13-17-15(19-18-13)21-11(2)14(20)16-10-9-12-7-5-4-6-8-12/h7,11H,3-6,8-10H2,1-2H3,(H,16,20)(H,17,18,19). The Morgan fingerprint density at radius 1 is 1.52 bits per heavy atom. The Morgan fingerprint density at radius 3 is 3.05 bits per heavy atom. The lowest BCUT2D eigenvalue weighted by Crippen LogP contribution is -2.32. The second kappa shape index (κ2) is 8.22. The Bertz CT molecular complexity index is 498. The van der Waals surface area contributed by atoms with Crippen LogP contribution in [-0.2, 0) is 11.2 Å². The van der Waals surface area contributed by atoms with E-state index in [1.165, 1.54) is 43.0 Å². The summed E-state index contributed by atoms with van der Waals surface area (Å²) in [5.74, 6) is 0.911. The van der Waals surface area contributed by atoms with Gasteiger partial charge in [0.2, 0.25) is 11.1 Å². The molecule has 0 fully saturated rings. The Labute approximate surface area is 130 Å². The molecule has 0 bridgehead atoms. The van der Waals surface area contributed by atoms with Crippen LogP contribution in [0.1, 0.15) is 51.8 Å². The Morgan fingerprint density at radius 2 is 2.38 bits per heavy atom. The SMILES string of the molecule is CCc1nc(SC(C)C(=O)NCCC2=CCCCC2)n[nH]1. The zero-order chi connectivity index (χ0) is 15.1. The van der Waals surface area contributed by atoms with Gasteiger partial charge >= 0.3 is 0 Å². The third-order valence-electron chi connectivity index (χ3n) is 3.63. The van der Waals surface area contributed by atoms with E-state index in [0.717, 1.165) is 25.2 Å². The molecule has 1 aromatic rings. The highest BCUT2D eigenvalue weighted by atomic mass is 32.2. The molecule has 0 aromatic carbocycles. The fourth-order valence-electron chi connectivity index (χ4n) is 2.32. The van der Waals surface area contributed by atoms with E-state index in [0.29, 0.717) is 5.16 Å². The first-order valence-electron chi connectivity index (χ1n) is 7.72. The molecule has 1 heterocycles. The molecule has 0 aliphatic heterocycles. The number of carbonyl (C=O) groups is 1. The van der Waals surface area contributed by atoms with E-state index in [-0.39, 0.29) is 11.2 Å². The molecule has 6 heteroatoms. The maximum Gasteiger partial charge on any atom is 0.233 e. The van der Waals surface area contributed by atoms with E-state index in [4.69, 9.17) is 0 Å². The second-order valence-electron chi connectivity index (χ2n) is 5.33. The largest absolute Gasteiger partial charge is 0.355 e. The summed E-state index contributed by atoms with van der Waals surface area (Å²) in [6.07, 6.45) is 9.11. The van der Waals surface area contributed by atoms with E-state index >= 15 is 0 Å². The smallest absolute Gasteiger partial charge is 0.233 e. The van der Waals surface area contributed by atoms with Crippen molar-refractivity contribution in [3.05, 3.63) is 17.5 Å². The number of amides is 1. The average Bonchev–Trinajstić information content (AvgIpc) is 2.96. The van der Waals surface area contributed by atoms with E-state index in [2.05, 4.69) is 26.6 Å². The van der Waals surface area contributed by atoms with E-state index in [1.807, 2.05) is 13.8 Å². The number of H-pyrrole nitrogens is 1. The van der Waals surface area contributed by atoms with Crippen molar-refractivity contribution in [2.45, 2.75) is 62.8 Å². The van der Waals surface area contributed by atoms with Crippen LogP contribution in [0.4, 0.5) is 0 Å². The first-order valence-corrected chi connectivity index (χ1v) is 8.60. The van der Waals surface area contributed by atoms with Gasteiger partial charge in [-0.25, -0.2) is 4.98 Å². The molecule has 1 aromatic heterocycles. The van der Waals surface area contributed by atoms with Gasteiger partial charge in [0.1, 0.15) is 5.82 Å². The molecular formula is C15H24N4OS. The highest BCUT2D eigenvalue weighted by molar-refractivity contribution is 8.00. The van der Waals surface area contributed by atoms with Crippen molar-refractivity contribution in [2.24, 2.45) is 0 Å². The van der Waals surface area contributed by atoms with Crippen molar-refractivity contribution in [1.82, 2.24) is 20.5 Å². The number of aromatic amines is 1. The van der Waals surface area contributed by atoms with E-state index in [1.54, 1.807) is 0 Å². The fourth-order valence-corrected chi connectivity index (χ4v) is 3.09. The van der Waals surface area contributed by atoms with Crippen molar-refractivity contribution in [3.63, 3.8) is 0 Å². The first kappa shape index (κ1) is 16.1. The first-order chi connectivity index (χ1) is 10.2. The monoisotopic (exact) mass is 308 g/mol. The number of hydrogen-bond acceptors (Lipinski definition) is 4. The number of allylic oxidation sites excluding steroid dienone is 1. The van der Waals surface area contributed by atoms with Crippen molar-refractivity contribution < 1.29 is 4.79 Å². The summed E-state index contributed by atoms with van der Waals surface area (Å²) >= 11 is 1.39. The van der Waals surface area contributed by atoms with Gasteiger partial charge in [0.05, 0.1) is 5.25 Å². The average molecular weight is 308 g/mol. The van der Waals surface area contributed by atoms with Crippen LogP contribution in [0.2, 0.25) is 0 Å². The summed E-state index contributed by atoms with van der Waals surface area (Å²) in [4.78, 5) is 16.4. The fraction of sp³-hybridized carbons (Fsp3) is 0.667. The maximum atomic E-state index is 12.0. The van der Waals surface area contributed by atoms with Gasteiger partial charge in [-0.2, -0.15) is 0 Å². The van der Waals surface area contributed by atoms with Gasteiger partial charge in [0.25, 0.3) is 0 Å². The number of aromatic nitrogens is 3. The number of rotatable bonds is 7. The van der Waals surface area contributed by atoms with Crippen LogP contribution in [0.25, 0.3) is 0 Å². The summed E-state index contributed by atoms with van der Waals surface area (Å²) in [6, 6.07) is 0. The number of aryl methyl sites for hydroxylation is 1. The summed E-state index contributed by atoms with van der Waals surface area (Å²) in [7, 11) is 0. The minimum absolute atomic E-state index is 0.0549. The number of thioether (sulfide) groups is 1. The number of nitrogens with one attached hydrogen (secondary N) is 2. The molecule has 1 unspecified atom stereocenters. The minimum Gasteiger partial charge on any atom is -0.355 e. The number of nitrogens with zero attached hydrogens (tertiary/aromatic N) is 2. The zero-order valence-corrected chi connectivity index (χ0v) is 13.6. The molecule has 0 saturated heterocycles. The van der Waals surface area contributed by atoms with Crippen LogP contribution in [0, 0.1) is 0 Å². The predicted molar refractivity (Wildman–Crippen MR) is 85.3 cm³/mol.